The maximum atomic E-state index is 8.34. The van der Waals surface area contributed by atoms with E-state index in [1.165, 1.54) is 18.3 Å². The van der Waals surface area contributed by atoms with E-state index in [9.17, 15) is 0 Å². The van der Waals surface area contributed by atoms with Crippen LogP contribution in [0, 0.1) is 7.14 Å². The highest BCUT2D eigenvalue weighted by Gasteiger charge is 2.21. The second kappa shape index (κ2) is 10.9. The van der Waals surface area contributed by atoms with Gasteiger partial charge in [-0.15, -0.1) is 0 Å². The Morgan fingerprint density at radius 2 is 0.897 bits per heavy atom. The number of hydrogen-bond donors (Lipinski definition) is 4. The van der Waals surface area contributed by atoms with Gasteiger partial charge < -0.3 is 21.1 Å². The average molecular weight is 514 g/mol. The van der Waals surface area contributed by atoms with Crippen molar-refractivity contribution >= 4 is 0 Å². The van der Waals surface area contributed by atoms with Crippen LogP contribution < -0.4 is 26.9 Å². The third-order valence-corrected chi connectivity index (χ3v) is 7.27. The fraction of sp³-hybridized carbons (Fsp3) is 0.500. The molecule has 0 aliphatic heterocycles. The van der Waals surface area contributed by atoms with Crippen LogP contribution in [-0.4, -0.2) is 40.7 Å². The summed E-state index contributed by atoms with van der Waals surface area (Å²) in [6, 6.07) is 18.4. The van der Waals surface area contributed by atoms with E-state index in [1.807, 2.05) is 0 Å². The summed E-state index contributed by atoms with van der Waals surface area (Å²) in [6.07, 6.45) is 0. The molecule has 2 aromatic carbocycles. The van der Waals surface area contributed by atoms with Crippen molar-refractivity contribution in [1.29, 1.82) is 0 Å². The number of nitrogens with two attached hydrogens (primary N) is 1. The van der Waals surface area contributed by atoms with Gasteiger partial charge in [-0.05, 0) is 46.2 Å². The quantitative estimate of drug-likeness (QED) is 0.426. The van der Waals surface area contributed by atoms with E-state index in [1.54, 1.807) is 0 Å². The lowest BCUT2D eigenvalue weighted by atomic mass is 9.87. The first kappa shape index (κ1) is 26.0. The Kier molecular flexibility index (Phi) is 9.76. The molecular formula is C24H37INO3+. The molecule has 0 heterocycles. The van der Waals surface area contributed by atoms with Crippen molar-refractivity contribution in [2.45, 2.75) is 57.9 Å². The first-order valence-electron chi connectivity index (χ1n) is 9.82. The molecule has 0 saturated heterocycles. The Morgan fingerprint density at radius 1 is 0.621 bits per heavy atom. The highest BCUT2D eigenvalue weighted by atomic mass is 127. The number of halogens is 1. The normalized spacial score (nSPS) is 12.3. The maximum absolute atomic E-state index is 8.34. The van der Waals surface area contributed by atoms with Gasteiger partial charge in [0.15, 0.2) is 7.14 Å². The van der Waals surface area contributed by atoms with E-state index < -0.39 is 25.4 Å². The van der Waals surface area contributed by atoms with Crippen LogP contribution in [-0.2, 0) is 10.8 Å². The highest BCUT2D eigenvalue weighted by molar-refractivity contribution is 5.23. The Bertz CT molecular complexity index is 661. The lowest BCUT2D eigenvalue weighted by molar-refractivity contribution is -0.597. The van der Waals surface area contributed by atoms with Crippen LogP contribution in [0.3, 0.4) is 0 Å². The number of hydrogen-bond acceptors (Lipinski definition) is 4. The number of aliphatic hydroxyl groups is 3. The van der Waals surface area contributed by atoms with Gasteiger partial charge in [0, 0.05) is 0 Å². The van der Waals surface area contributed by atoms with Crippen molar-refractivity contribution in [2.24, 2.45) is 5.73 Å². The SMILES string of the molecule is CC(C)(C)c1ccc([I+]c2ccc(C(C)(C)C)cc2)cc1.NC(CO)(CO)CO. The van der Waals surface area contributed by atoms with Crippen LogP contribution in [0.15, 0.2) is 48.5 Å². The van der Waals surface area contributed by atoms with Crippen molar-refractivity contribution < 1.29 is 36.5 Å². The Hall–Kier alpha value is -0.990. The first-order valence-corrected chi connectivity index (χ1v) is 12.0. The molecule has 4 nitrogen and oxygen atoms in total. The third kappa shape index (κ3) is 8.72. The van der Waals surface area contributed by atoms with Crippen molar-refractivity contribution in [3.05, 3.63) is 66.8 Å². The zero-order valence-electron chi connectivity index (χ0n) is 18.5. The highest BCUT2D eigenvalue weighted by Crippen LogP contribution is 2.21. The zero-order chi connectivity index (χ0) is 22.3. The Labute approximate surface area is 186 Å². The largest absolute Gasteiger partial charge is 0.394 e. The van der Waals surface area contributed by atoms with Crippen LogP contribution in [0.1, 0.15) is 52.7 Å². The molecule has 0 atom stereocenters. The molecule has 0 bridgehead atoms. The number of aliphatic hydroxyl groups excluding tert-OH is 3. The number of rotatable bonds is 5. The van der Waals surface area contributed by atoms with E-state index >= 15 is 0 Å². The Morgan fingerprint density at radius 3 is 1.07 bits per heavy atom. The predicted molar refractivity (Wildman–Crippen MR) is 116 cm³/mol. The molecule has 0 aromatic heterocycles. The fourth-order valence-electron chi connectivity index (χ4n) is 2.30. The lowest BCUT2D eigenvalue weighted by Gasteiger charge is -2.20. The van der Waals surface area contributed by atoms with Crippen LogP contribution in [0.4, 0.5) is 0 Å². The molecule has 0 aliphatic rings. The second-order valence-corrected chi connectivity index (χ2v) is 12.5. The molecule has 0 radical (unpaired) electrons. The monoisotopic (exact) mass is 514 g/mol. The van der Waals surface area contributed by atoms with E-state index in [4.69, 9.17) is 21.1 Å². The standard InChI is InChI=1S/C20H26I.C4H11NO3/c1-19(2,3)15-7-11-17(12-8-15)21-18-13-9-16(10-14-18)20(4,5)6;5-4(1-6,2-7)3-8/h7-14H,1-6H3;6-8H,1-3,5H2/q+1;. The molecule has 0 spiro atoms. The van der Waals surface area contributed by atoms with E-state index in [-0.39, 0.29) is 32.0 Å². The molecule has 2 aromatic rings. The minimum absolute atomic E-state index is 0.0703. The zero-order valence-corrected chi connectivity index (χ0v) is 20.7. The molecule has 0 amide bonds. The van der Waals surface area contributed by atoms with Gasteiger partial charge in [0.2, 0.25) is 0 Å². The fourth-order valence-corrected chi connectivity index (χ4v) is 4.46. The first-order chi connectivity index (χ1) is 13.3. The summed E-state index contributed by atoms with van der Waals surface area (Å²) in [6.45, 7) is 12.4. The molecule has 0 aliphatic carbocycles. The molecule has 0 saturated carbocycles. The van der Waals surface area contributed by atoms with Gasteiger partial charge in [0.25, 0.3) is 0 Å². The maximum Gasteiger partial charge on any atom is 0.357 e. The molecule has 29 heavy (non-hydrogen) atoms. The summed E-state index contributed by atoms with van der Waals surface area (Å²) in [5, 5.41) is 25.0. The van der Waals surface area contributed by atoms with Gasteiger partial charge in [-0.1, -0.05) is 65.8 Å². The van der Waals surface area contributed by atoms with Crippen molar-refractivity contribution in [3.8, 4) is 0 Å². The Balaban J connectivity index is 0.000000447. The van der Waals surface area contributed by atoms with Gasteiger partial charge >= 0.3 is 21.2 Å². The topological polar surface area (TPSA) is 86.7 Å². The van der Waals surface area contributed by atoms with Gasteiger partial charge in [-0.2, -0.15) is 0 Å². The van der Waals surface area contributed by atoms with Gasteiger partial charge in [-0.3, -0.25) is 0 Å². The van der Waals surface area contributed by atoms with Crippen molar-refractivity contribution in [3.63, 3.8) is 0 Å². The summed E-state index contributed by atoms with van der Waals surface area (Å²) in [7, 11) is 0. The molecule has 162 valence electrons. The summed E-state index contributed by atoms with van der Waals surface area (Å²) in [4.78, 5) is 0. The molecular weight excluding hydrogens is 477 g/mol. The molecule has 5 N–H and O–H groups in total. The van der Waals surface area contributed by atoms with Gasteiger partial charge in [-0.25, -0.2) is 0 Å². The van der Waals surface area contributed by atoms with Gasteiger partial charge in [0.1, 0.15) is 0 Å². The lowest BCUT2D eigenvalue weighted by Crippen LogP contribution is -3.61. The number of benzene rings is 2. The average Bonchev–Trinajstić information content (AvgIpc) is 2.67. The van der Waals surface area contributed by atoms with E-state index in [2.05, 4.69) is 90.1 Å². The molecule has 5 heteroatoms. The minimum atomic E-state index is -1.21. The summed E-state index contributed by atoms with van der Waals surface area (Å²) in [5.41, 5.74) is 7.25. The van der Waals surface area contributed by atoms with E-state index in [0.29, 0.717) is 0 Å². The van der Waals surface area contributed by atoms with Crippen LogP contribution in [0.25, 0.3) is 0 Å². The van der Waals surface area contributed by atoms with Crippen LogP contribution >= 0.6 is 0 Å². The summed E-state index contributed by atoms with van der Waals surface area (Å²) >= 11 is -0.0703. The summed E-state index contributed by atoms with van der Waals surface area (Å²) < 4.78 is 2.98. The third-order valence-electron chi connectivity index (χ3n) is 4.58. The predicted octanol–water partition coefficient (Wildman–Crippen LogP) is 0.0708. The van der Waals surface area contributed by atoms with Crippen molar-refractivity contribution in [2.75, 3.05) is 19.8 Å². The molecule has 2 rings (SSSR count). The molecule has 0 fully saturated rings. The van der Waals surface area contributed by atoms with Crippen LogP contribution in [0.2, 0.25) is 0 Å². The van der Waals surface area contributed by atoms with Gasteiger partial charge in [0.05, 0.1) is 25.4 Å². The smallest absolute Gasteiger partial charge is 0.357 e. The van der Waals surface area contributed by atoms with E-state index in [0.717, 1.165) is 0 Å². The van der Waals surface area contributed by atoms with Crippen LogP contribution in [0.5, 0.6) is 0 Å². The van der Waals surface area contributed by atoms with Crippen molar-refractivity contribution in [1.82, 2.24) is 0 Å². The minimum Gasteiger partial charge on any atom is -0.394 e. The second-order valence-electron chi connectivity index (χ2n) is 9.44. The summed E-state index contributed by atoms with van der Waals surface area (Å²) in [5.74, 6) is 0. The molecule has 0 unspecified atom stereocenters.